The summed E-state index contributed by atoms with van der Waals surface area (Å²) in [5.41, 5.74) is 1.67. The Kier molecular flexibility index (Phi) is 5.73. The van der Waals surface area contributed by atoms with Gasteiger partial charge >= 0.3 is 5.97 Å². The van der Waals surface area contributed by atoms with Crippen LogP contribution in [0.3, 0.4) is 0 Å². The SMILES string of the molecule is COc1ccc(C(=O)CCC(=O)N2Cc3ccccc3C(C(=O)O)C2)cc1F. The van der Waals surface area contributed by atoms with Crippen molar-refractivity contribution in [1.82, 2.24) is 4.90 Å². The number of carbonyl (C=O) groups is 3. The largest absolute Gasteiger partial charge is 0.494 e. The van der Waals surface area contributed by atoms with Gasteiger partial charge in [0.2, 0.25) is 5.91 Å². The zero-order valence-corrected chi connectivity index (χ0v) is 15.4. The molecule has 1 amide bonds. The number of Topliss-reactive ketones (excluding diaryl/α,β-unsaturated/α-hetero) is 1. The van der Waals surface area contributed by atoms with E-state index in [-0.39, 0.29) is 42.4 Å². The first kappa shape index (κ1) is 19.5. The van der Waals surface area contributed by atoms with E-state index in [1.54, 1.807) is 24.3 Å². The average Bonchev–Trinajstić information content (AvgIpc) is 2.70. The van der Waals surface area contributed by atoms with E-state index >= 15 is 0 Å². The van der Waals surface area contributed by atoms with Crippen molar-refractivity contribution < 1.29 is 28.6 Å². The van der Waals surface area contributed by atoms with Crippen LogP contribution in [0.15, 0.2) is 42.5 Å². The summed E-state index contributed by atoms with van der Waals surface area (Å²) in [5, 5.41) is 9.48. The quantitative estimate of drug-likeness (QED) is 0.773. The minimum Gasteiger partial charge on any atom is -0.494 e. The number of hydrogen-bond acceptors (Lipinski definition) is 4. The van der Waals surface area contributed by atoms with Crippen LogP contribution in [0.4, 0.5) is 4.39 Å². The summed E-state index contributed by atoms with van der Waals surface area (Å²) >= 11 is 0. The summed E-state index contributed by atoms with van der Waals surface area (Å²) in [6, 6.07) is 11.0. The van der Waals surface area contributed by atoms with E-state index in [9.17, 15) is 23.9 Å². The van der Waals surface area contributed by atoms with Crippen LogP contribution < -0.4 is 4.74 Å². The molecule has 1 atom stereocenters. The summed E-state index contributed by atoms with van der Waals surface area (Å²) in [5.74, 6) is -3.05. The Labute approximate surface area is 161 Å². The number of ether oxygens (including phenoxy) is 1. The van der Waals surface area contributed by atoms with E-state index in [1.807, 2.05) is 0 Å². The maximum Gasteiger partial charge on any atom is 0.312 e. The van der Waals surface area contributed by atoms with E-state index in [4.69, 9.17) is 4.74 Å². The van der Waals surface area contributed by atoms with Gasteiger partial charge in [0.1, 0.15) is 0 Å². The summed E-state index contributed by atoms with van der Waals surface area (Å²) in [7, 11) is 1.33. The predicted octanol–water partition coefficient (Wildman–Crippen LogP) is 3.01. The highest BCUT2D eigenvalue weighted by Crippen LogP contribution is 2.29. The van der Waals surface area contributed by atoms with E-state index in [0.717, 1.165) is 11.6 Å². The van der Waals surface area contributed by atoms with Crippen molar-refractivity contribution in [2.75, 3.05) is 13.7 Å². The zero-order chi connectivity index (χ0) is 20.3. The van der Waals surface area contributed by atoms with E-state index in [2.05, 4.69) is 0 Å². The molecule has 0 saturated carbocycles. The molecule has 1 aliphatic heterocycles. The molecule has 1 unspecified atom stereocenters. The first-order valence-electron chi connectivity index (χ1n) is 8.86. The minimum atomic E-state index is -0.991. The van der Waals surface area contributed by atoms with Gasteiger partial charge in [-0.1, -0.05) is 24.3 Å². The molecule has 1 aliphatic rings. The third-order valence-corrected chi connectivity index (χ3v) is 4.89. The number of amides is 1. The van der Waals surface area contributed by atoms with Crippen LogP contribution in [0.1, 0.15) is 40.2 Å². The zero-order valence-electron chi connectivity index (χ0n) is 15.4. The van der Waals surface area contributed by atoms with Crippen LogP contribution in [0.25, 0.3) is 0 Å². The third-order valence-electron chi connectivity index (χ3n) is 4.89. The molecule has 1 N–H and O–H groups in total. The van der Waals surface area contributed by atoms with Crippen molar-refractivity contribution in [1.29, 1.82) is 0 Å². The van der Waals surface area contributed by atoms with Gasteiger partial charge in [-0.3, -0.25) is 14.4 Å². The van der Waals surface area contributed by atoms with Crippen molar-refractivity contribution in [2.24, 2.45) is 0 Å². The van der Waals surface area contributed by atoms with Gasteiger partial charge < -0.3 is 14.7 Å². The molecule has 0 saturated heterocycles. The second kappa shape index (κ2) is 8.21. The van der Waals surface area contributed by atoms with Crippen LogP contribution in [0, 0.1) is 5.82 Å². The maximum atomic E-state index is 13.8. The third kappa shape index (κ3) is 4.03. The molecule has 0 radical (unpaired) electrons. The van der Waals surface area contributed by atoms with Crippen LogP contribution in [0.2, 0.25) is 0 Å². The highest BCUT2D eigenvalue weighted by molar-refractivity contribution is 5.98. The monoisotopic (exact) mass is 385 g/mol. The normalized spacial score (nSPS) is 15.6. The van der Waals surface area contributed by atoms with Gasteiger partial charge in [-0.25, -0.2) is 4.39 Å². The summed E-state index contributed by atoms with van der Waals surface area (Å²) < 4.78 is 18.6. The fourth-order valence-electron chi connectivity index (χ4n) is 3.37. The number of ketones is 1. The summed E-state index contributed by atoms with van der Waals surface area (Å²) in [4.78, 5) is 37.9. The number of carboxylic acid groups (broad SMARTS) is 1. The molecule has 28 heavy (non-hydrogen) atoms. The lowest BCUT2D eigenvalue weighted by molar-refractivity contribution is -0.141. The van der Waals surface area contributed by atoms with E-state index in [1.165, 1.54) is 24.1 Å². The highest BCUT2D eigenvalue weighted by Gasteiger charge is 2.32. The Balaban J connectivity index is 1.66. The lowest BCUT2D eigenvalue weighted by Gasteiger charge is -2.32. The van der Waals surface area contributed by atoms with Crippen LogP contribution >= 0.6 is 0 Å². The molecule has 0 fully saturated rings. The molecule has 0 aliphatic carbocycles. The second-order valence-electron chi connectivity index (χ2n) is 6.64. The lowest BCUT2D eigenvalue weighted by Crippen LogP contribution is -2.40. The number of benzene rings is 2. The topological polar surface area (TPSA) is 83.9 Å². The van der Waals surface area contributed by atoms with Crippen molar-refractivity contribution in [2.45, 2.75) is 25.3 Å². The van der Waals surface area contributed by atoms with Gasteiger partial charge in [0.15, 0.2) is 17.3 Å². The fraction of sp³-hybridized carbons (Fsp3) is 0.286. The molecule has 146 valence electrons. The number of carbonyl (C=O) groups excluding carboxylic acids is 2. The first-order valence-corrected chi connectivity index (χ1v) is 8.86. The molecule has 2 aromatic rings. The first-order chi connectivity index (χ1) is 13.4. The maximum absolute atomic E-state index is 13.8. The van der Waals surface area contributed by atoms with Crippen molar-refractivity contribution in [3.63, 3.8) is 0 Å². The molecule has 3 rings (SSSR count). The van der Waals surface area contributed by atoms with Gasteiger partial charge in [-0.15, -0.1) is 0 Å². The summed E-state index contributed by atoms with van der Waals surface area (Å²) in [6.45, 7) is 0.376. The Morgan fingerprint density at radius 2 is 1.93 bits per heavy atom. The lowest BCUT2D eigenvalue weighted by atomic mass is 9.89. The predicted molar refractivity (Wildman–Crippen MR) is 98.8 cm³/mol. The minimum absolute atomic E-state index is 0.0410. The Bertz CT molecular complexity index is 927. The van der Waals surface area contributed by atoms with Crippen LogP contribution in [-0.4, -0.2) is 41.3 Å². The fourth-order valence-corrected chi connectivity index (χ4v) is 3.37. The molecular weight excluding hydrogens is 365 g/mol. The van der Waals surface area contributed by atoms with Crippen molar-refractivity contribution >= 4 is 17.7 Å². The van der Waals surface area contributed by atoms with E-state index < -0.39 is 17.7 Å². The highest BCUT2D eigenvalue weighted by atomic mass is 19.1. The molecule has 0 spiro atoms. The van der Waals surface area contributed by atoms with Crippen molar-refractivity contribution in [3.05, 3.63) is 65.0 Å². The van der Waals surface area contributed by atoms with Crippen LogP contribution in [-0.2, 0) is 16.1 Å². The Morgan fingerprint density at radius 3 is 2.61 bits per heavy atom. The molecule has 0 bridgehead atoms. The molecule has 0 aromatic heterocycles. The molecule has 1 heterocycles. The van der Waals surface area contributed by atoms with Gasteiger partial charge in [0.25, 0.3) is 0 Å². The Morgan fingerprint density at radius 1 is 1.18 bits per heavy atom. The van der Waals surface area contributed by atoms with E-state index in [0.29, 0.717) is 12.1 Å². The number of fused-ring (bicyclic) bond motifs is 1. The number of carboxylic acids is 1. The van der Waals surface area contributed by atoms with Crippen LogP contribution in [0.5, 0.6) is 5.75 Å². The molecule has 2 aromatic carbocycles. The van der Waals surface area contributed by atoms with Gasteiger partial charge in [0, 0.05) is 31.5 Å². The molecule has 6 nitrogen and oxygen atoms in total. The smallest absolute Gasteiger partial charge is 0.312 e. The average molecular weight is 385 g/mol. The number of hydrogen-bond donors (Lipinski definition) is 1. The summed E-state index contributed by atoms with van der Waals surface area (Å²) in [6.07, 6.45) is -0.151. The van der Waals surface area contributed by atoms with Gasteiger partial charge in [0.05, 0.1) is 13.0 Å². The van der Waals surface area contributed by atoms with Gasteiger partial charge in [-0.05, 0) is 29.3 Å². The second-order valence-corrected chi connectivity index (χ2v) is 6.64. The number of aliphatic carboxylic acids is 1. The Hall–Kier alpha value is -3.22. The number of rotatable bonds is 6. The number of methoxy groups -OCH3 is 1. The molecule has 7 heteroatoms. The number of halogens is 1. The molecular formula is C21H20FNO5. The standard InChI is InChI=1S/C21H20FNO5/c1-28-19-8-6-13(10-17(19)22)18(24)7-9-20(25)23-11-14-4-2-3-5-15(14)16(12-23)21(26)27/h2-6,8,10,16H,7,9,11-12H2,1H3,(H,26,27). The van der Waals surface area contributed by atoms with Crippen molar-refractivity contribution in [3.8, 4) is 5.75 Å². The van der Waals surface area contributed by atoms with Gasteiger partial charge in [-0.2, -0.15) is 0 Å². The number of nitrogens with zero attached hydrogens (tertiary/aromatic N) is 1.